The summed E-state index contributed by atoms with van der Waals surface area (Å²) in [7, 11) is 0. The van der Waals surface area contributed by atoms with Crippen LogP contribution in [0.2, 0.25) is 5.02 Å². The van der Waals surface area contributed by atoms with Crippen molar-refractivity contribution < 1.29 is 9.90 Å². The molecule has 0 aromatic heterocycles. The average molecular weight is 260 g/mol. The summed E-state index contributed by atoms with van der Waals surface area (Å²) in [5.41, 5.74) is 1.14. The molecule has 0 unspecified atom stereocenters. The Morgan fingerprint density at radius 3 is 2.88 bits per heavy atom. The number of carbonyl (C=O) groups excluding carboxylic acids is 1. The molecule has 0 bridgehead atoms. The van der Waals surface area contributed by atoms with Crippen LogP contribution in [-0.4, -0.2) is 22.5 Å². The van der Waals surface area contributed by atoms with E-state index >= 15 is 0 Å². The normalized spacial score (nSPS) is 10.2. The van der Waals surface area contributed by atoms with Crippen LogP contribution in [0.4, 0.5) is 5.69 Å². The predicted molar refractivity (Wildman–Crippen MR) is 69.5 cm³/mol. The van der Waals surface area contributed by atoms with Crippen LogP contribution in [0.15, 0.2) is 12.1 Å². The SMILES string of the molecule is CCSCC(=O)Nc1cc(Cl)c(C)cc1O. The summed E-state index contributed by atoms with van der Waals surface area (Å²) in [6.45, 7) is 3.78. The Kier molecular flexibility index (Phi) is 4.96. The van der Waals surface area contributed by atoms with E-state index in [1.807, 2.05) is 6.92 Å². The first-order chi connectivity index (χ1) is 7.54. The number of thioether (sulfide) groups is 1. The summed E-state index contributed by atoms with van der Waals surface area (Å²) in [5.74, 6) is 1.16. The first-order valence-corrected chi connectivity index (χ1v) is 6.44. The van der Waals surface area contributed by atoms with Gasteiger partial charge >= 0.3 is 0 Å². The van der Waals surface area contributed by atoms with Crippen LogP contribution in [0, 0.1) is 6.92 Å². The van der Waals surface area contributed by atoms with Gasteiger partial charge in [0.05, 0.1) is 11.4 Å². The van der Waals surface area contributed by atoms with Crippen molar-refractivity contribution in [3.8, 4) is 5.75 Å². The number of rotatable bonds is 4. The van der Waals surface area contributed by atoms with Gasteiger partial charge in [-0.2, -0.15) is 11.8 Å². The molecule has 0 radical (unpaired) electrons. The summed E-state index contributed by atoms with van der Waals surface area (Å²) in [6.07, 6.45) is 0. The number of phenolic OH excluding ortho intramolecular Hbond substituents is 1. The summed E-state index contributed by atoms with van der Waals surface area (Å²) in [4.78, 5) is 11.4. The Labute approximate surface area is 104 Å². The lowest BCUT2D eigenvalue weighted by molar-refractivity contribution is -0.113. The fraction of sp³-hybridized carbons (Fsp3) is 0.364. The number of halogens is 1. The maximum Gasteiger partial charge on any atom is 0.234 e. The van der Waals surface area contributed by atoms with Gasteiger partial charge in [-0.3, -0.25) is 4.79 Å². The number of amides is 1. The van der Waals surface area contributed by atoms with E-state index in [2.05, 4.69) is 5.32 Å². The molecule has 0 saturated heterocycles. The van der Waals surface area contributed by atoms with Crippen molar-refractivity contribution in [3.63, 3.8) is 0 Å². The molecule has 16 heavy (non-hydrogen) atoms. The molecule has 1 rings (SSSR count). The van der Waals surface area contributed by atoms with Crippen molar-refractivity contribution in [3.05, 3.63) is 22.7 Å². The van der Waals surface area contributed by atoms with Gasteiger partial charge in [0.25, 0.3) is 0 Å². The third kappa shape index (κ3) is 3.61. The maximum atomic E-state index is 11.4. The van der Waals surface area contributed by atoms with Crippen LogP contribution in [0.1, 0.15) is 12.5 Å². The van der Waals surface area contributed by atoms with Crippen molar-refractivity contribution >= 4 is 35.0 Å². The molecule has 1 aromatic carbocycles. The van der Waals surface area contributed by atoms with Crippen molar-refractivity contribution in [2.24, 2.45) is 0 Å². The Morgan fingerprint density at radius 2 is 2.25 bits per heavy atom. The summed E-state index contributed by atoms with van der Waals surface area (Å²) in [5, 5.41) is 12.8. The number of carbonyl (C=O) groups is 1. The van der Waals surface area contributed by atoms with Crippen molar-refractivity contribution in [1.82, 2.24) is 0 Å². The molecule has 0 saturated carbocycles. The number of nitrogens with one attached hydrogen (secondary N) is 1. The standard InChI is InChI=1S/C11H14ClNO2S/c1-3-16-6-11(15)13-9-5-8(12)7(2)4-10(9)14/h4-5,14H,3,6H2,1-2H3,(H,13,15). The molecule has 0 atom stereocenters. The van der Waals surface area contributed by atoms with E-state index < -0.39 is 0 Å². The third-order valence-electron chi connectivity index (χ3n) is 1.99. The quantitative estimate of drug-likeness (QED) is 0.817. The monoisotopic (exact) mass is 259 g/mol. The minimum absolute atomic E-state index is 0.0387. The molecule has 3 nitrogen and oxygen atoms in total. The van der Waals surface area contributed by atoms with E-state index in [1.165, 1.54) is 17.8 Å². The number of aryl methyl sites for hydroxylation is 1. The van der Waals surface area contributed by atoms with E-state index in [4.69, 9.17) is 11.6 Å². The van der Waals surface area contributed by atoms with Crippen LogP contribution >= 0.6 is 23.4 Å². The molecule has 0 aliphatic heterocycles. The molecule has 0 aliphatic carbocycles. The first-order valence-electron chi connectivity index (χ1n) is 4.91. The average Bonchev–Trinajstić information content (AvgIpc) is 2.23. The number of benzene rings is 1. The van der Waals surface area contributed by atoms with Gasteiger partial charge in [-0.1, -0.05) is 18.5 Å². The molecule has 1 aromatic rings. The van der Waals surface area contributed by atoms with Crippen molar-refractivity contribution in [2.45, 2.75) is 13.8 Å². The van der Waals surface area contributed by atoms with Gasteiger partial charge < -0.3 is 10.4 Å². The lowest BCUT2D eigenvalue weighted by Gasteiger charge is -2.08. The minimum atomic E-state index is -0.137. The Morgan fingerprint density at radius 1 is 1.56 bits per heavy atom. The number of phenols is 1. The van der Waals surface area contributed by atoms with E-state index in [0.29, 0.717) is 16.5 Å². The molecule has 1 amide bonds. The molecule has 0 fully saturated rings. The molecule has 88 valence electrons. The highest BCUT2D eigenvalue weighted by Gasteiger charge is 2.08. The first kappa shape index (κ1) is 13.2. The van der Waals surface area contributed by atoms with Gasteiger partial charge in [0.2, 0.25) is 5.91 Å². The molecule has 2 N–H and O–H groups in total. The molecule has 0 spiro atoms. The van der Waals surface area contributed by atoms with Crippen LogP contribution in [0.25, 0.3) is 0 Å². The Bertz CT molecular complexity index is 396. The van der Waals surface area contributed by atoms with Crippen LogP contribution < -0.4 is 5.32 Å². The van der Waals surface area contributed by atoms with Gasteiger partial charge in [0, 0.05) is 5.02 Å². The third-order valence-corrected chi connectivity index (χ3v) is 3.27. The predicted octanol–water partition coefficient (Wildman–Crippen LogP) is 3.05. The second-order valence-electron chi connectivity index (χ2n) is 3.30. The van der Waals surface area contributed by atoms with Crippen molar-refractivity contribution in [2.75, 3.05) is 16.8 Å². The van der Waals surface area contributed by atoms with E-state index in [0.717, 1.165) is 11.3 Å². The largest absolute Gasteiger partial charge is 0.506 e. The second kappa shape index (κ2) is 6.01. The molecular formula is C11H14ClNO2S. The van der Waals surface area contributed by atoms with E-state index in [1.54, 1.807) is 13.0 Å². The summed E-state index contributed by atoms with van der Waals surface area (Å²) >= 11 is 7.43. The van der Waals surface area contributed by atoms with Gasteiger partial charge in [0.1, 0.15) is 5.75 Å². The number of hydrogen-bond donors (Lipinski definition) is 2. The highest BCUT2D eigenvalue weighted by molar-refractivity contribution is 7.99. The van der Waals surface area contributed by atoms with Gasteiger partial charge in [-0.15, -0.1) is 0 Å². The second-order valence-corrected chi connectivity index (χ2v) is 4.99. The zero-order chi connectivity index (χ0) is 12.1. The Hall–Kier alpha value is -0.870. The fourth-order valence-electron chi connectivity index (χ4n) is 1.15. The zero-order valence-electron chi connectivity index (χ0n) is 9.21. The fourth-order valence-corrected chi connectivity index (χ4v) is 1.77. The van der Waals surface area contributed by atoms with E-state index in [-0.39, 0.29) is 11.7 Å². The molecule has 0 aliphatic rings. The van der Waals surface area contributed by atoms with Gasteiger partial charge in [-0.05, 0) is 30.4 Å². The van der Waals surface area contributed by atoms with Crippen LogP contribution in [0.5, 0.6) is 5.75 Å². The van der Waals surface area contributed by atoms with Crippen LogP contribution in [-0.2, 0) is 4.79 Å². The number of hydrogen-bond acceptors (Lipinski definition) is 3. The van der Waals surface area contributed by atoms with Gasteiger partial charge in [-0.25, -0.2) is 0 Å². The highest BCUT2D eigenvalue weighted by Crippen LogP contribution is 2.29. The van der Waals surface area contributed by atoms with E-state index in [9.17, 15) is 9.90 Å². The van der Waals surface area contributed by atoms with Gasteiger partial charge in [0.15, 0.2) is 0 Å². The Balaban J connectivity index is 2.73. The zero-order valence-corrected chi connectivity index (χ0v) is 10.8. The highest BCUT2D eigenvalue weighted by atomic mass is 35.5. The molecule has 5 heteroatoms. The summed E-state index contributed by atoms with van der Waals surface area (Å²) < 4.78 is 0. The lowest BCUT2D eigenvalue weighted by atomic mass is 10.2. The summed E-state index contributed by atoms with van der Waals surface area (Å²) in [6, 6.07) is 3.09. The molecular weight excluding hydrogens is 246 g/mol. The number of anilines is 1. The smallest absolute Gasteiger partial charge is 0.234 e. The molecule has 0 heterocycles. The number of aromatic hydroxyl groups is 1. The lowest BCUT2D eigenvalue weighted by Crippen LogP contribution is -2.14. The topological polar surface area (TPSA) is 49.3 Å². The maximum absolute atomic E-state index is 11.4. The van der Waals surface area contributed by atoms with Crippen molar-refractivity contribution in [1.29, 1.82) is 0 Å². The minimum Gasteiger partial charge on any atom is -0.506 e. The van der Waals surface area contributed by atoms with Crippen LogP contribution in [0.3, 0.4) is 0 Å².